The SMILES string of the molecule is CCOC(=O)c1cn(-c2cccc(-c3cccc4c3C(Nc3ccc(C5CCN(C(=O)OC(C)C)CC5)c(CC)c3)CC4)n2)nc1C(C)CC. The predicted octanol–water partition coefficient (Wildman–Crippen LogP) is 9.01. The van der Waals surface area contributed by atoms with Crippen LogP contribution >= 0.6 is 0 Å². The van der Waals surface area contributed by atoms with E-state index in [-0.39, 0.29) is 30.1 Å². The lowest BCUT2D eigenvalue weighted by atomic mass is 9.85. The lowest BCUT2D eigenvalue weighted by molar-refractivity contribution is 0.0524. The number of anilines is 1. The van der Waals surface area contributed by atoms with Crippen LogP contribution in [0.2, 0.25) is 0 Å². The highest BCUT2D eigenvalue weighted by Crippen LogP contribution is 2.41. The third-order valence-corrected chi connectivity index (χ3v) is 10.2. The minimum Gasteiger partial charge on any atom is -0.462 e. The van der Waals surface area contributed by atoms with Gasteiger partial charge in [0, 0.05) is 36.5 Å². The smallest absolute Gasteiger partial charge is 0.410 e. The number of benzene rings is 2. The molecule has 0 spiro atoms. The van der Waals surface area contributed by atoms with Crippen molar-refractivity contribution < 1.29 is 19.1 Å². The van der Waals surface area contributed by atoms with Gasteiger partial charge in [-0.3, -0.25) is 0 Å². The molecule has 0 saturated carbocycles. The number of esters is 1. The molecule has 1 fully saturated rings. The Morgan fingerprint density at radius 2 is 1.76 bits per heavy atom. The van der Waals surface area contributed by atoms with Crippen LogP contribution in [0.25, 0.3) is 17.1 Å². The first-order valence-corrected chi connectivity index (χ1v) is 18.4. The third kappa shape index (κ3) is 7.42. The van der Waals surface area contributed by atoms with E-state index in [0.717, 1.165) is 74.3 Å². The van der Waals surface area contributed by atoms with Crippen LogP contribution < -0.4 is 5.32 Å². The summed E-state index contributed by atoms with van der Waals surface area (Å²) in [6, 6.07) is 19.5. The predicted molar refractivity (Wildman–Crippen MR) is 197 cm³/mol. The summed E-state index contributed by atoms with van der Waals surface area (Å²) >= 11 is 0. The highest BCUT2D eigenvalue weighted by Gasteiger charge is 2.29. The monoisotopic (exact) mass is 677 g/mol. The van der Waals surface area contributed by atoms with Crippen molar-refractivity contribution in [1.82, 2.24) is 19.7 Å². The summed E-state index contributed by atoms with van der Waals surface area (Å²) in [5, 5.41) is 8.72. The zero-order valence-electron chi connectivity index (χ0n) is 30.4. The van der Waals surface area contributed by atoms with Crippen molar-refractivity contribution in [3.63, 3.8) is 0 Å². The van der Waals surface area contributed by atoms with E-state index in [1.807, 2.05) is 37.8 Å². The van der Waals surface area contributed by atoms with E-state index >= 15 is 0 Å². The van der Waals surface area contributed by atoms with E-state index in [4.69, 9.17) is 19.6 Å². The topological polar surface area (TPSA) is 98.6 Å². The van der Waals surface area contributed by atoms with E-state index in [9.17, 15) is 9.59 Å². The molecule has 1 aliphatic heterocycles. The molecule has 1 saturated heterocycles. The highest BCUT2D eigenvalue weighted by atomic mass is 16.6. The molecule has 50 heavy (non-hydrogen) atoms. The molecular formula is C41H51N5O4. The number of nitrogens with zero attached hydrogens (tertiary/aromatic N) is 4. The number of ether oxygens (including phenoxy) is 2. The molecule has 6 rings (SSSR count). The summed E-state index contributed by atoms with van der Waals surface area (Å²) in [5.41, 5.74) is 9.71. The lowest BCUT2D eigenvalue weighted by Gasteiger charge is -2.33. The van der Waals surface area contributed by atoms with Gasteiger partial charge in [-0.1, -0.05) is 51.1 Å². The molecule has 2 unspecified atom stereocenters. The van der Waals surface area contributed by atoms with Gasteiger partial charge in [-0.2, -0.15) is 5.10 Å². The second kappa shape index (κ2) is 15.5. The zero-order chi connectivity index (χ0) is 35.4. The van der Waals surface area contributed by atoms with Crippen molar-refractivity contribution in [2.75, 3.05) is 25.0 Å². The minimum atomic E-state index is -0.353. The molecule has 3 heterocycles. The average Bonchev–Trinajstić information content (AvgIpc) is 3.76. The Labute approximate surface area is 296 Å². The van der Waals surface area contributed by atoms with Crippen LogP contribution in [0, 0.1) is 0 Å². The molecule has 1 N–H and O–H groups in total. The van der Waals surface area contributed by atoms with Gasteiger partial charge in [-0.05, 0) is 112 Å². The number of rotatable bonds is 11. The van der Waals surface area contributed by atoms with Crippen LogP contribution in [0.3, 0.4) is 0 Å². The fourth-order valence-electron chi connectivity index (χ4n) is 7.43. The summed E-state index contributed by atoms with van der Waals surface area (Å²) < 4.78 is 12.5. The van der Waals surface area contributed by atoms with Crippen molar-refractivity contribution in [3.05, 3.63) is 94.3 Å². The molecule has 4 aromatic rings. The first-order chi connectivity index (χ1) is 24.2. The van der Waals surface area contributed by atoms with Crippen LogP contribution in [0.1, 0.15) is 123 Å². The molecule has 9 nitrogen and oxygen atoms in total. The summed E-state index contributed by atoms with van der Waals surface area (Å²) in [6.07, 6.45) is 7.15. The molecule has 2 aromatic heterocycles. The fraction of sp³-hybridized carbons (Fsp3) is 0.463. The molecule has 0 radical (unpaired) electrons. The standard InChI is InChI=1S/C41H51N5O4/c1-7-27(6)39-34(40(47)49-9-3)25-46(44-39)37-15-11-14-35(43-37)33-13-10-12-30-16-19-36(38(30)33)42-31-17-18-32(28(8-2)24-31)29-20-22-45(23-21-29)41(48)50-26(4)5/h10-15,17-18,24-27,29,36,42H,7-9,16,19-23H2,1-6H3. The summed E-state index contributed by atoms with van der Waals surface area (Å²) in [4.78, 5) is 32.2. The number of pyridine rings is 1. The van der Waals surface area contributed by atoms with Gasteiger partial charge in [0.15, 0.2) is 5.82 Å². The van der Waals surface area contributed by atoms with Crippen LogP contribution in [0.15, 0.2) is 60.8 Å². The largest absolute Gasteiger partial charge is 0.462 e. The number of amides is 1. The van der Waals surface area contributed by atoms with Gasteiger partial charge < -0.3 is 19.7 Å². The van der Waals surface area contributed by atoms with E-state index in [0.29, 0.717) is 23.9 Å². The Hall–Kier alpha value is -4.66. The van der Waals surface area contributed by atoms with Gasteiger partial charge in [-0.15, -0.1) is 0 Å². The van der Waals surface area contributed by atoms with E-state index in [1.165, 1.54) is 22.3 Å². The molecule has 1 aliphatic carbocycles. The number of aryl methyl sites for hydroxylation is 2. The molecule has 2 aromatic carbocycles. The van der Waals surface area contributed by atoms with Gasteiger partial charge >= 0.3 is 12.1 Å². The summed E-state index contributed by atoms with van der Waals surface area (Å²) in [6.45, 7) is 13.8. The third-order valence-electron chi connectivity index (χ3n) is 10.2. The number of nitrogens with one attached hydrogen (secondary N) is 1. The number of hydrogen-bond acceptors (Lipinski definition) is 7. The Balaban J connectivity index is 1.23. The maximum absolute atomic E-state index is 12.8. The van der Waals surface area contributed by atoms with Gasteiger partial charge in [-0.25, -0.2) is 19.3 Å². The molecule has 264 valence electrons. The maximum atomic E-state index is 12.8. The Bertz CT molecular complexity index is 1820. The normalized spacial score (nSPS) is 16.7. The molecule has 2 atom stereocenters. The quantitative estimate of drug-likeness (QED) is 0.158. The second-order valence-electron chi connectivity index (χ2n) is 13.9. The van der Waals surface area contributed by atoms with Crippen LogP contribution in [0.5, 0.6) is 0 Å². The second-order valence-corrected chi connectivity index (χ2v) is 13.9. The number of carbonyl (C=O) groups is 2. The number of hydrogen-bond donors (Lipinski definition) is 1. The molecule has 0 bridgehead atoms. The molecular weight excluding hydrogens is 626 g/mol. The summed E-state index contributed by atoms with van der Waals surface area (Å²) in [7, 11) is 0. The highest BCUT2D eigenvalue weighted by molar-refractivity contribution is 5.90. The maximum Gasteiger partial charge on any atom is 0.410 e. The molecule has 2 aliphatic rings. The van der Waals surface area contributed by atoms with E-state index in [2.05, 4.69) is 68.6 Å². The van der Waals surface area contributed by atoms with E-state index < -0.39 is 0 Å². The van der Waals surface area contributed by atoms with Crippen molar-refractivity contribution >= 4 is 17.7 Å². The van der Waals surface area contributed by atoms with Crippen molar-refractivity contribution in [3.8, 4) is 17.1 Å². The van der Waals surface area contributed by atoms with Crippen molar-refractivity contribution in [1.29, 1.82) is 0 Å². The Morgan fingerprint density at radius 1 is 0.980 bits per heavy atom. The lowest BCUT2D eigenvalue weighted by Crippen LogP contribution is -2.39. The number of aromatic nitrogens is 3. The van der Waals surface area contributed by atoms with Crippen molar-refractivity contribution in [2.45, 2.75) is 104 Å². The van der Waals surface area contributed by atoms with Crippen LogP contribution in [0.4, 0.5) is 10.5 Å². The number of likely N-dealkylation sites (tertiary alicyclic amines) is 1. The van der Waals surface area contributed by atoms with Crippen molar-refractivity contribution in [2.24, 2.45) is 0 Å². The zero-order valence-corrected chi connectivity index (χ0v) is 30.4. The minimum absolute atomic E-state index is 0.103. The fourth-order valence-corrected chi connectivity index (χ4v) is 7.43. The molecule has 9 heteroatoms. The van der Waals surface area contributed by atoms with E-state index in [1.54, 1.807) is 10.9 Å². The molecule has 1 amide bonds. The van der Waals surface area contributed by atoms with Gasteiger partial charge in [0.05, 0.1) is 30.1 Å². The van der Waals surface area contributed by atoms with Gasteiger partial charge in [0.2, 0.25) is 0 Å². The number of carbonyl (C=O) groups excluding carboxylic acids is 2. The summed E-state index contributed by atoms with van der Waals surface area (Å²) in [5.74, 6) is 0.851. The number of fused-ring (bicyclic) bond motifs is 1. The van der Waals surface area contributed by atoms with Gasteiger partial charge in [0.25, 0.3) is 0 Å². The van der Waals surface area contributed by atoms with Crippen LogP contribution in [-0.2, 0) is 22.3 Å². The average molecular weight is 678 g/mol. The first-order valence-electron chi connectivity index (χ1n) is 18.4. The van der Waals surface area contributed by atoms with Crippen LogP contribution in [-0.4, -0.2) is 57.5 Å². The first kappa shape index (κ1) is 35.2. The number of piperidine rings is 1. The Kier molecular flexibility index (Phi) is 10.9. The Morgan fingerprint density at radius 3 is 2.48 bits per heavy atom. The van der Waals surface area contributed by atoms with Gasteiger partial charge in [0.1, 0.15) is 5.56 Å².